The van der Waals surface area contributed by atoms with E-state index in [9.17, 15) is 9.59 Å². The second-order valence-corrected chi connectivity index (χ2v) is 8.51. The molecule has 1 aliphatic heterocycles. The van der Waals surface area contributed by atoms with Crippen LogP contribution in [0.5, 0.6) is 0 Å². The second-order valence-electron chi connectivity index (χ2n) is 7.60. The molecular formula is C21H25N3O2S. The third-order valence-corrected chi connectivity index (χ3v) is 6.57. The Balaban J connectivity index is 1.50. The third-order valence-electron chi connectivity index (χ3n) is 5.74. The van der Waals surface area contributed by atoms with Crippen molar-refractivity contribution in [3.05, 3.63) is 51.9 Å². The summed E-state index contributed by atoms with van der Waals surface area (Å²) in [5.41, 5.74) is 9.62. The van der Waals surface area contributed by atoms with Crippen LogP contribution in [-0.4, -0.2) is 35.8 Å². The highest BCUT2D eigenvalue weighted by atomic mass is 32.1. The summed E-state index contributed by atoms with van der Waals surface area (Å²) in [6, 6.07) is 7.89. The largest absolute Gasteiger partial charge is 0.336 e. The van der Waals surface area contributed by atoms with Crippen LogP contribution < -0.4 is 11.1 Å². The number of amides is 2. The van der Waals surface area contributed by atoms with Gasteiger partial charge >= 0.3 is 0 Å². The van der Waals surface area contributed by atoms with Gasteiger partial charge in [-0.15, -0.1) is 11.3 Å². The zero-order valence-corrected chi connectivity index (χ0v) is 16.3. The zero-order chi connectivity index (χ0) is 19.0. The van der Waals surface area contributed by atoms with Crippen molar-refractivity contribution in [1.29, 1.82) is 0 Å². The van der Waals surface area contributed by atoms with Crippen molar-refractivity contribution in [3.63, 3.8) is 0 Å². The van der Waals surface area contributed by atoms with E-state index >= 15 is 0 Å². The first kappa shape index (κ1) is 18.2. The Labute approximate surface area is 163 Å². The van der Waals surface area contributed by atoms with Crippen LogP contribution in [0, 0.1) is 5.92 Å². The molecule has 0 saturated carbocycles. The number of anilines is 1. The molecule has 1 aliphatic carbocycles. The van der Waals surface area contributed by atoms with Crippen molar-refractivity contribution >= 4 is 28.2 Å². The van der Waals surface area contributed by atoms with E-state index in [1.807, 2.05) is 22.4 Å². The molecule has 0 bridgehead atoms. The van der Waals surface area contributed by atoms with Crippen molar-refractivity contribution in [2.75, 3.05) is 18.4 Å². The van der Waals surface area contributed by atoms with E-state index in [-0.39, 0.29) is 17.9 Å². The van der Waals surface area contributed by atoms with E-state index in [1.165, 1.54) is 22.5 Å². The molecule has 1 saturated heterocycles. The molecule has 6 heteroatoms. The lowest BCUT2D eigenvalue weighted by Gasteiger charge is -2.21. The third kappa shape index (κ3) is 3.51. The van der Waals surface area contributed by atoms with Crippen LogP contribution in [-0.2, 0) is 12.8 Å². The van der Waals surface area contributed by atoms with Gasteiger partial charge in [-0.05, 0) is 79.8 Å². The molecular weight excluding hydrogens is 358 g/mol. The molecule has 2 unspecified atom stereocenters. The number of fused-ring (bicyclic) bond motifs is 1. The lowest BCUT2D eigenvalue weighted by atomic mass is 10.1. The standard InChI is InChI=1S/C21H25N3O2S/c1-13-9-14(11-22)12-24(13)21(26)18-7-8-27-20(18)23-19(25)17-6-5-15-3-2-4-16(15)10-17/h5-8,10,13-14H,2-4,9,11-12,22H2,1H3,(H,23,25). The molecule has 2 aromatic rings. The maximum atomic E-state index is 13.0. The Morgan fingerprint density at radius 3 is 2.85 bits per heavy atom. The fraction of sp³-hybridized carbons (Fsp3) is 0.429. The van der Waals surface area contributed by atoms with E-state index in [4.69, 9.17) is 5.73 Å². The topological polar surface area (TPSA) is 75.4 Å². The lowest BCUT2D eigenvalue weighted by Crippen LogP contribution is -2.34. The van der Waals surface area contributed by atoms with E-state index in [2.05, 4.69) is 18.3 Å². The molecule has 1 aromatic carbocycles. The van der Waals surface area contributed by atoms with Gasteiger partial charge < -0.3 is 16.0 Å². The summed E-state index contributed by atoms with van der Waals surface area (Å²) in [5.74, 6) is 0.173. The molecule has 2 heterocycles. The highest BCUT2D eigenvalue weighted by molar-refractivity contribution is 7.14. The highest BCUT2D eigenvalue weighted by Gasteiger charge is 2.33. The van der Waals surface area contributed by atoms with Crippen molar-refractivity contribution in [1.82, 2.24) is 4.90 Å². The number of aryl methyl sites for hydroxylation is 2. The van der Waals surface area contributed by atoms with Gasteiger partial charge in [-0.3, -0.25) is 9.59 Å². The van der Waals surface area contributed by atoms with Crippen molar-refractivity contribution in [2.45, 2.75) is 38.6 Å². The Morgan fingerprint density at radius 2 is 2.07 bits per heavy atom. The summed E-state index contributed by atoms with van der Waals surface area (Å²) >= 11 is 1.39. The van der Waals surface area contributed by atoms with Crippen LogP contribution in [0.3, 0.4) is 0 Å². The molecule has 2 atom stereocenters. The summed E-state index contributed by atoms with van der Waals surface area (Å²) in [5, 5.41) is 5.42. The van der Waals surface area contributed by atoms with Crippen molar-refractivity contribution in [2.24, 2.45) is 11.7 Å². The maximum absolute atomic E-state index is 13.0. The summed E-state index contributed by atoms with van der Waals surface area (Å²) in [6.45, 7) is 3.34. The molecule has 142 valence electrons. The number of hydrogen-bond donors (Lipinski definition) is 2. The van der Waals surface area contributed by atoms with E-state index in [0.29, 0.717) is 35.1 Å². The maximum Gasteiger partial charge on any atom is 0.257 e. The Hall–Kier alpha value is -2.18. The minimum atomic E-state index is -0.157. The van der Waals surface area contributed by atoms with Gasteiger partial charge in [-0.25, -0.2) is 0 Å². The smallest absolute Gasteiger partial charge is 0.257 e. The second kappa shape index (κ2) is 7.44. The molecule has 5 nitrogen and oxygen atoms in total. The Kier molecular flexibility index (Phi) is 5.02. The van der Waals surface area contributed by atoms with Crippen LogP contribution in [0.1, 0.15) is 51.6 Å². The van der Waals surface area contributed by atoms with Crippen LogP contribution in [0.25, 0.3) is 0 Å². The van der Waals surface area contributed by atoms with Gasteiger partial charge in [-0.2, -0.15) is 0 Å². The Morgan fingerprint density at radius 1 is 1.26 bits per heavy atom. The molecule has 2 aliphatic rings. The predicted octanol–water partition coefficient (Wildman–Crippen LogP) is 3.30. The molecule has 1 aromatic heterocycles. The number of nitrogens with one attached hydrogen (secondary N) is 1. The monoisotopic (exact) mass is 383 g/mol. The minimum Gasteiger partial charge on any atom is -0.336 e. The lowest BCUT2D eigenvalue weighted by molar-refractivity contribution is 0.0745. The number of hydrogen-bond acceptors (Lipinski definition) is 4. The van der Waals surface area contributed by atoms with Crippen LogP contribution in [0.4, 0.5) is 5.00 Å². The highest BCUT2D eigenvalue weighted by Crippen LogP contribution is 2.30. The number of carbonyl (C=O) groups is 2. The molecule has 1 fully saturated rings. The average Bonchev–Trinajstić information content (AvgIpc) is 3.39. The van der Waals surface area contributed by atoms with Gasteiger partial charge in [0, 0.05) is 18.2 Å². The first-order chi connectivity index (χ1) is 13.1. The fourth-order valence-electron chi connectivity index (χ4n) is 4.21. The number of nitrogens with two attached hydrogens (primary N) is 1. The normalized spacial score (nSPS) is 21.3. The number of likely N-dealkylation sites (tertiary alicyclic amines) is 1. The molecule has 2 amide bonds. The molecule has 3 N–H and O–H groups in total. The number of benzene rings is 1. The molecule has 0 radical (unpaired) electrons. The van der Waals surface area contributed by atoms with Crippen molar-refractivity contribution < 1.29 is 9.59 Å². The van der Waals surface area contributed by atoms with Gasteiger partial charge in [0.2, 0.25) is 0 Å². The number of thiophene rings is 1. The summed E-state index contributed by atoms with van der Waals surface area (Å²) in [6.07, 6.45) is 4.22. The van der Waals surface area contributed by atoms with Gasteiger partial charge in [0.1, 0.15) is 5.00 Å². The SMILES string of the molecule is CC1CC(CN)CN1C(=O)c1ccsc1NC(=O)c1ccc2c(c1)CCC2. The van der Waals surface area contributed by atoms with E-state index in [0.717, 1.165) is 25.7 Å². The first-order valence-electron chi connectivity index (χ1n) is 9.58. The zero-order valence-electron chi connectivity index (χ0n) is 15.5. The first-order valence-corrected chi connectivity index (χ1v) is 10.5. The molecule has 4 rings (SSSR count). The Bertz CT molecular complexity index is 876. The minimum absolute atomic E-state index is 0.0241. The van der Waals surface area contributed by atoms with Gasteiger partial charge in [0.25, 0.3) is 11.8 Å². The predicted molar refractivity (Wildman–Crippen MR) is 108 cm³/mol. The fourth-order valence-corrected chi connectivity index (χ4v) is 4.99. The van der Waals surface area contributed by atoms with Gasteiger partial charge in [0.05, 0.1) is 5.56 Å². The summed E-state index contributed by atoms with van der Waals surface area (Å²) < 4.78 is 0. The number of carbonyl (C=O) groups excluding carboxylic acids is 2. The van der Waals surface area contributed by atoms with Crippen LogP contribution in [0.15, 0.2) is 29.6 Å². The quantitative estimate of drug-likeness (QED) is 0.851. The number of rotatable bonds is 4. The molecule has 0 spiro atoms. The number of nitrogens with zero attached hydrogens (tertiary/aromatic N) is 1. The van der Waals surface area contributed by atoms with Gasteiger partial charge in [0.15, 0.2) is 0 Å². The van der Waals surface area contributed by atoms with Crippen molar-refractivity contribution in [3.8, 4) is 0 Å². The molecule has 27 heavy (non-hydrogen) atoms. The van der Waals surface area contributed by atoms with E-state index in [1.54, 1.807) is 6.07 Å². The van der Waals surface area contributed by atoms with E-state index < -0.39 is 0 Å². The van der Waals surface area contributed by atoms with Crippen LogP contribution in [0.2, 0.25) is 0 Å². The average molecular weight is 384 g/mol. The summed E-state index contributed by atoms with van der Waals surface area (Å²) in [7, 11) is 0. The van der Waals surface area contributed by atoms with Crippen LogP contribution >= 0.6 is 11.3 Å². The summed E-state index contributed by atoms with van der Waals surface area (Å²) in [4.78, 5) is 27.6. The van der Waals surface area contributed by atoms with Gasteiger partial charge in [-0.1, -0.05) is 6.07 Å².